The molecule has 0 saturated carbocycles. The van der Waals surface area contributed by atoms with Crippen LogP contribution < -0.4 is 10.2 Å². The lowest BCUT2D eigenvalue weighted by molar-refractivity contribution is 0.0951. The standard InChI is InChI=1S/C17H19BrN2O/c1-12-10-14(6-9-16(12)18)17(21)19-11-13-4-7-15(8-5-13)20(2)3/h4-10H,11H2,1-3H3,(H,19,21). The first kappa shape index (κ1) is 15.6. The zero-order valence-electron chi connectivity index (χ0n) is 12.5. The van der Waals surface area contributed by atoms with Crippen LogP contribution in [0, 0.1) is 6.92 Å². The third-order valence-electron chi connectivity index (χ3n) is 3.33. The summed E-state index contributed by atoms with van der Waals surface area (Å²) < 4.78 is 1.01. The average molecular weight is 347 g/mol. The summed E-state index contributed by atoms with van der Waals surface area (Å²) in [6, 6.07) is 13.8. The van der Waals surface area contributed by atoms with Gasteiger partial charge in [0.05, 0.1) is 0 Å². The summed E-state index contributed by atoms with van der Waals surface area (Å²) in [5.41, 5.74) is 3.97. The summed E-state index contributed by atoms with van der Waals surface area (Å²) in [6.45, 7) is 2.50. The molecule has 0 fully saturated rings. The van der Waals surface area contributed by atoms with Crippen molar-refractivity contribution in [3.8, 4) is 0 Å². The summed E-state index contributed by atoms with van der Waals surface area (Å²) in [4.78, 5) is 14.2. The fourth-order valence-corrected chi connectivity index (χ4v) is 2.23. The molecule has 0 aliphatic carbocycles. The van der Waals surface area contributed by atoms with E-state index in [1.807, 2.05) is 68.4 Å². The molecule has 0 saturated heterocycles. The van der Waals surface area contributed by atoms with Crippen LogP contribution in [-0.2, 0) is 6.54 Å². The van der Waals surface area contributed by atoms with E-state index >= 15 is 0 Å². The van der Waals surface area contributed by atoms with E-state index in [-0.39, 0.29) is 5.91 Å². The number of nitrogens with one attached hydrogen (secondary N) is 1. The van der Waals surface area contributed by atoms with Gasteiger partial charge in [-0.1, -0.05) is 28.1 Å². The average Bonchev–Trinajstić information content (AvgIpc) is 2.48. The normalized spacial score (nSPS) is 10.3. The Morgan fingerprint density at radius 2 is 1.81 bits per heavy atom. The van der Waals surface area contributed by atoms with Gasteiger partial charge in [-0.05, 0) is 48.4 Å². The Labute approximate surface area is 134 Å². The zero-order chi connectivity index (χ0) is 15.4. The number of benzene rings is 2. The first-order valence-corrected chi connectivity index (χ1v) is 7.57. The number of hydrogen-bond acceptors (Lipinski definition) is 2. The molecule has 2 aromatic carbocycles. The highest BCUT2D eigenvalue weighted by Crippen LogP contribution is 2.17. The number of halogens is 1. The number of anilines is 1. The minimum atomic E-state index is -0.0534. The fraction of sp³-hybridized carbons (Fsp3) is 0.235. The fourth-order valence-electron chi connectivity index (χ4n) is 1.98. The molecule has 3 nitrogen and oxygen atoms in total. The largest absolute Gasteiger partial charge is 0.378 e. The molecule has 0 atom stereocenters. The first-order chi connectivity index (χ1) is 9.97. The number of carbonyl (C=O) groups excluding carboxylic acids is 1. The molecule has 0 radical (unpaired) electrons. The molecule has 0 unspecified atom stereocenters. The van der Waals surface area contributed by atoms with Crippen molar-refractivity contribution in [2.24, 2.45) is 0 Å². The summed E-state index contributed by atoms with van der Waals surface area (Å²) in [5.74, 6) is -0.0534. The minimum Gasteiger partial charge on any atom is -0.378 e. The maximum absolute atomic E-state index is 12.1. The van der Waals surface area contributed by atoms with Gasteiger partial charge in [-0.3, -0.25) is 4.79 Å². The van der Waals surface area contributed by atoms with Gasteiger partial charge in [0.25, 0.3) is 5.91 Å². The van der Waals surface area contributed by atoms with Crippen molar-refractivity contribution in [3.63, 3.8) is 0 Å². The van der Waals surface area contributed by atoms with Crippen LogP contribution >= 0.6 is 15.9 Å². The molecule has 4 heteroatoms. The maximum Gasteiger partial charge on any atom is 0.251 e. The van der Waals surface area contributed by atoms with Gasteiger partial charge in [-0.15, -0.1) is 0 Å². The predicted octanol–water partition coefficient (Wildman–Crippen LogP) is 3.75. The molecule has 2 rings (SSSR count). The quantitative estimate of drug-likeness (QED) is 0.914. The van der Waals surface area contributed by atoms with E-state index in [2.05, 4.69) is 21.2 Å². The molecule has 0 spiro atoms. The second-order valence-electron chi connectivity index (χ2n) is 5.21. The first-order valence-electron chi connectivity index (χ1n) is 6.78. The van der Waals surface area contributed by atoms with Crippen LogP contribution in [-0.4, -0.2) is 20.0 Å². The molecule has 0 bridgehead atoms. The molecule has 21 heavy (non-hydrogen) atoms. The highest BCUT2D eigenvalue weighted by Gasteiger charge is 2.07. The maximum atomic E-state index is 12.1. The van der Waals surface area contributed by atoms with Crippen molar-refractivity contribution in [1.29, 1.82) is 0 Å². The van der Waals surface area contributed by atoms with Crippen molar-refractivity contribution >= 4 is 27.5 Å². The smallest absolute Gasteiger partial charge is 0.251 e. The summed E-state index contributed by atoms with van der Waals surface area (Å²) in [5, 5.41) is 2.94. The van der Waals surface area contributed by atoms with Gasteiger partial charge in [0.2, 0.25) is 0 Å². The molecule has 110 valence electrons. The van der Waals surface area contributed by atoms with Gasteiger partial charge in [0.15, 0.2) is 0 Å². The van der Waals surface area contributed by atoms with Crippen LogP contribution in [0.1, 0.15) is 21.5 Å². The van der Waals surface area contributed by atoms with E-state index in [0.717, 1.165) is 21.3 Å². The monoisotopic (exact) mass is 346 g/mol. The Kier molecular flexibility index (Phi) is 5.02. The Morgan fingerprint density at radius 1 is 1.14 bits per heavy atom. The zero-order valence-corrected chi connectivity index (χ0v) is 14.1. The SMILES string of the molecule is Cc1cc(C(=O)NCc2ccc(N(C)C)cc2)ccc1Br. The minimum absolute atomic E-state index is 0.0534. The van der Waals surface area contributed by atoms with Crippen molar-refractivity contribution in [3.05, 3.63) is 63.6 Å². The number of hydrogen-bond donors (Lipinski definition) is 1. The number of aryl methyl sites for hydroxylation is 1. The Hall–Kier alpha value is -1.81. The van der Waals surface area contributed by atoms with Gasteiger partial charge in [-0.2, -0.15) is 0 Å². The molecule has 0 aliphatic heterocycles. The second-order valence-corrected chi connectivity index (χ2v) is 6.06. The predicted molar refractivity (Wildman–Crippen MR) is 90.8 cm³/mol. The number of carbonyl (C=O) groups is 1. The van der Waals surface area contributed by atoms with Gasteiger partial charge < -0.3 is 10.2 Å². The highest BCUT2D eigenvalue weighted by atomic mass is 79.9. The van der Waals surface area contributed by atoms with Crippen LogP contribution in [0.4, 0.5) is 5.69 Å². The van der Waals surface area contributed by atoms with Crippen molar-refractivity contribution < 1.29 is 4.79 Å². The van der Waals surface area contributed by atoms with Gasteiger partial charge >= 0.3 is 0 Å². The molecule has 0 aliphatic rings. The van der Waals surface area contributed by atoms with E-state index in [9.17, 15) is 4.79 Å². The third kappa shape index (κ3) is 4.08. The summed E-state index contributed by atoms with van der Waals surface area (Å²) >= 11 is 3.44. The van der Waals surface area contributed by atoms with Crippen LogP contribution in [0.5, 0.6) is 0 Å². The van der Waals surface area contributed by atoms with Crippen molar-refractivity contribution in [2.45, 2.75) is 13.5 Å². The van der Waals surface area contributed by atoms with E-state index in [0.29, 0.717) is 12.1 Å². The van der Waals surface area contributed by atoms with Gasteiger partial charge in [-0.25, -0.2) is 0 Å². The summed E-state index contributed by atoms with van der Waals surface area (Å²) in [6.07, 6.45) is 0. The Morgan fingerprint density at radius 3 is 2.38 bits per heavy atom. The van der Waals surface area contributed by atoms with Crippen LogP contribution in [0.15, 0.2) is 46.9 Å². The summed E-state index contributed by atoms with van der Waals surface area (Å²) in [7, 11) is 4.01. The topological polar surface area (TPSA) is 32.3 Å². The van der Waals surface area contributed by atoms with E-state index in [1.54, 1.807) is 0 Å². The van der Waals surface area contributed by atoms with E-state index < -0.39 is 0 Å². The highest BCUT2D eigenvalue weighted by molar-refractivity contribution is 9.10. The molecule has 0 aromatic heterocycles. The Bertz CT molecular complexity index is 636. The van der Waals surface area contributed by atoms with Gasteiger partial charge in [0, 0.05) is 36.4 Å². The van der Waals surface area contributed by atoms with Crippen molar-refractivity contribution in [2.75, 3.05) is 19.0 Å². The number of amides is 1. The van der Waals surface area contributed by atoms with Gasteiger partial charge in [0.1, 0.15) is 0 Å². The lowest BCUT2D eigenvalue weighted by Crippen LogP contribution is -2.22. The molecular weight excluding hydrogens is 328 g/mol. The molecule has 1 N–H and O–H groups in total. The van der Waals surface area contributed by atoms with E-state index in [1.165, 1.54) is 0 Å². The number of nitrogens with zero attached hydrogens (tertiary/aromatic N) is 1. The van der Waals surface area contributed by atoms with Crippen molar-refractivity contribution in [1.82, 2.24) is 5.32 Å². The molecule has 2 aromatic rings. The molecular formula is C17H19BrN2O. The van der Waals surface area contributed by atoms with Crippen LogP contribution in [0.3, 0.4) is 0 Å². The van der Waals surface area contributed by atoms with Crippen LogP contribution in [0.25, 0.3) is 0 Å². The number of rotatable bonds is 4. The van der Waals surface area contributed by atoms with Crippen LogP contribution in [0.2, 0.25) is 0 Å². The lowest BCUT2D eigenvalue weighted by Gasteiger charge is -2.13. The molecule has 1 amide bonds. The second kappa shape index (κ2) is 6.76. The molecule has 0 heterocycles. The third-order valence-corrected chi connectivity index (χ3v) is 4.22. The lowest BCUT2D eigenvalue weighted by atomic mass is 10.1. The van der Waals surface area contributed by atoms with E-state index in [4.69, 9.17) is 0 Å². The Balaban J connectivity index is 1.98.